The summed E-state index contributed by atoms with van der Waals surface area (Å²) in [6.45, 7) is 5.44. The van der Waals surface area contributed by atoms with Gasteiger partial charge in [-0.15, -0.1) is 0 Å². The van der Waals surface area contributed by atoms with Crippen molar-refractivity contribution in [3.63, 3.8) is 0 Å². The third-order valence-corrected chi connectivity index (χ3v) is 2.38. The van der Waals surface area contributed by atoms with E-state index in [4.69, 9.17) is 10.5 Å². The van der Waals surface area contributed by atoms with Gasteiger partial charge in [0.05, 0.1) is 12.7 Å². The number of carbonyl (C=O) groups excluding carboxylic acids is 1. The molecule has 0 radical (unpaired) electrons. The van der Waals surface area contributed by atoms with Crippen LogP contribution < -0.4 is 11.1 Å². The van der Waals surface area contributed by atoms with Crippen LogP contribution in [0.1, 0.15) is 29.8 Å². The molecule has 0 aromatic heterocycles. The van der Waals surface area contributed by atoms with Gasteiger partial charge in [0.2, 0.25) is 5.91 Å². The molecule has 0 heterocycles. The standard InChI is InChI=1S/C13H19FN2O2/c1-9(2)18-6-5-16-8-11-7-10(13(15)17)3-4-12(11)14/h3-4,7,9,16H,5-6,8H2,1-2H3,(H2,15,17). The fourth-order valence-electron chi connectivity index (χ4n) is 1.45. The molecule has 1 rings (SSSR count). The van der Waals surface area contributed by atoms with E-state index in [1.54, 1.807) is 0 Å². The molecule has 0 unspecified atom stereocenters. The van der Waals surface area contributed by atoms with Crippen LogP contribution in [0, 0.1) is 5.82 Å². The largest absolute Gasteiger partial charge is 0.377 e. The third-order valence-electron chi connectivity index (χ3n) is 2.38. The lowest BCUT2D eigenvalue weighted by atomic mass is 10.1. The smallest absolute Gasteiger partial charge is 0.248 e. The SMILES string of the molecule is CC(C)OCCNCc1cc(C(N)=O)ccc1F. The quantitative estimate of drug-likeness (QED) is 0.724. The van der Waals surface area contributed by atoms with Gasteiger partial charge in [-0.1, -0.05) is 0 Å². The molecule has 18 heavy (non-hydrogen) atoms. The molecule has 0 aliphatic carbocycles. The van der Waals surface area contributed by atoms with Crippen molar-refractivity contribution in [1.82, 2.24) is 5.32 Å². The van der Waals surface area contributed by atoms with E-state index in [0.29, 0.717) is 30.8 Å². The van der Waals surface area contributed by atoms with Crippen LogP contribution in [-0.4, -0.2) is 25.2 Å². The van der Waals surface area contributed by atoms with E-state index < -0.39 is 5.91 Å². The topological polar surface area (TPSA) is 64.3 Å². The number of benzene rings is 1. The zero-order valence-corrected chi connectivity index (χ0v) is 10.7. The van der Waals surface area contributed by atoms with Gasteiger partial charge in [0.1, 0.15) is 5.82 Å². The van der Waals surface area contributed by atoms with Crippen molar-refractivity contribution in [2.45, 2.75) is 26.5 Å². The molecule has 4 nitrogen and oxygen atoms in total. The van der Waals surface area contributed by atoms with Crippen molar-refractivity contribution in [1.29, 1.82) is 0 Å². The molecule has 0 saturated carbocycles. The Balaban J connectivity index is 2.46. The minimum Gasteiger partial charge on any atom is -0.377 e. The van der Waals surface area contributed by atoms with Gasteiger partial charge in [0.15, 0.2) is 0 Å². The van der Waals surface area contributed by atoms with E-state index in [1.807, 2.05) is 13.8 Å². The Morgan fingerprint density at radius 3 is 2.83 bits per heavy atom. The highest BCUT2D eigenvalue weighted by atomic mass is 19.1. The van der Waals surface area contributed by atoms with Gasteiger partial charge < -0.3 is 15.8 Å². The van der Waals surface area contributed by atoms with Gasteiger partial charge >= 0.3 is 0 Å². The second-order valence-electron chi connectivity index (χ2n) is 4.27. The predicted molar refractivity (Wildman–Crippen MR) is 67.7 cm³/mol. The number of halogens is 1. The van der Waals surface area contributed by atoms with Crippen molar-refractivity contribution < 1.29 is 13.9 Å². The molecule has 1 aromatic rings. The Morgan fingerprint density at radius 2 is 2.22 bits per heavy atom. The van der Waals surface area contributed by atoms with Crippen LogP contribution in [0.15, 0.2) is 18.2 Å². The van der Waals surface area contributed by atoms with Crippen LogP contribution in [0.25, 0.3) is 0 Å². The molecular formula is C13H19FN2O2. The van der Waals surface area contributed by atoms with E-state index in [2.05, 4.69) is 5.32 Å². The maximum absolute atomic E-state index is 13.4. The summed E-state index contributed by atoms with van der Waals surface area (Å²) in [5.41, 5.74) is 5.88. The number of hydrogen-bond acceptors (Lipinski definition) is 3. The number of nitrogens with two attached hydrogens (primary N) is 1. The number of nitrogens with one attached hydrogen (secondary N) is 1. The van der Waals surface area contributed by atoms with Crippen LogP contribution in [0.2, 0.25) is 0 Å². The molecule has 0 aliphatic rings. The Bertz CT molecular complexity index is 408. The fourth-order valence-corrected chi connectivity index (χ4v) is 1.45. The van der Waals surface area contributed by atoms with Crippen molar-refractivity contribution in [3.8, 4) is 0 Å². The van der Waals surface area contributed by atoms with Gasteiger partial charge in [-0.25, -0.2) is 4.39 Å². The average Bonchev–Trinajstić information content (AvgIpc) is 2.30. The lowest BCUT2D eigenvalue weighted by Gasteiger charge is -2.09. The summed E-state index contributed by atoms with van der Waals surface area (Å²) in [5.74, 6) is -0.906. The lowest BCUT2D eigenvalue weighted by molar-refractivity contribution is 0.0806. The highest BCUT2D eigenvalue weighted by Crippen LogP contribution is 2.10. The summed E-state index contributed by atoms with van der Waals surface area (Å²) in [7, 11) is 0. The Hall–Kier alpha value is -1.46. The summed E-state index contributed by atoms with van der Waals surface area (Å²) < 4.78 is 18.8. The van der Waals surface area contributed by atoms with Gasteiger partial charge in [-0.3, -0.25) is 4.79 Å². The number of ether oxygens (including phenoxy) is 1. The zero-order chi connectivity index (χ0) is 13.5. The van der Waals surface area contributed by atoms with Crippen LogP contribution >= 0.6 is 0 Å². The molecule has 0 spiro atoms. The highest BCUT2D eigenvalue weighted by Gasteiger charge is 2.06. The number of primary amides is 1. The average molecular weight is 254 g/mol. The second-order valence-corrected chi connectivity index (χ2v) is 4.27. The molecule has 3 N–H and O–H groups in total. The monoisotopic (exact) mass is 254 g/mol. The minimum atomic E-state index is -0.556. The zero-order valence-electron chi connectivity index (χ0n) is 10.7. The van der Waals surface area contributed by atoms with E-state index in [9.17, 15) is 9.18 Å². The normalized spacial score (nSPS) is 10.9. The van der Waals surface area contributed by atoms with E-state index in [0.717, 1.165) is 0 Å². The van der Waals surface area contributed by atoms with Crippen LogP contribution in [0.5, 0.6) is 0 Å². The van der Waals surface area contributed by atoms with Crippen molar-refractivity contribution in [3.05, 3.63) is 35.1 Å². The maximum Gasteiger partial charge on any atom is 0.248 e. The predicted octanol–water partition coefficient (Wildman–Crippen LogP) is 1.44. The molecule has 0 bridgehead atoms. The Kier molecular flexibility index (Phi) is 5.74. The third kappa shape index (κ3) is 4.81. The first-order chi connectivity index (χ1) is 8.50. The summed E-state index contributed by atoms with van der Waals surface area (Å²) in [6, 6.07) is 4.10. The first-order valence-electron chi connectivity index (χ1n) is 5.91. The molecule has 100 valence electrons. The Morgan fingerprint density at radius 1 is 1.50 bits per heavy atom. The maximum atomic E-state index is 13.4. The van der Waals surface area contributed by atoms with Gasteiger partial charge in [0, 0.05) is 24.2 Å². The molecule has 1 amide bonds. The minimum absolute atomic E-state index is 0.182. The van der Waals surface area contributed by atoms with Gasteiger partial charge in [-0.2, -0.15) is 0 Å². The number of hydrogen-bond donors (Lipinski definition) is 2. The number of amides is 1. The van der Waals surface area contributed by atoms with Gasteiger partial charge in [0.25, 0.3) is 0 Å². The summed E-state index contributed by atoms with van der Waals surface area (Å²) in [4.78, 5) is 11.0. The highest BCUT2D eigenvalue weighted by molar-refractivity contribution is 5.92. The van der Waals surface area contributed by atoms with Crippen molar-refractivity contribution in [2.24, 2.45) is 5.73 Å². The van der Waals surface area contributed by atoms with Crippen LogP contribution in [0.4, 0.5) is 4.39 Å². The summed E-state index contributed by atoms with van der Waals surface area (Å²) in [6.07, 6.45) is 0.182. The molecular weight excluding hydrogens is 235 g/mol. The molecule has 0 saturated heterocycles. The van der Waals surface area contributed by atoms with Crippen molar-refractivity contribution in [2.75, 3.05) is 13.2 Å². The molecule has 1 aromatic carbocycles. The first-order valence-corrected chi connectivity index (χ1v) is 5.91. The summed E-state index contributed by atoms with van der Waals surface area (Å²) >= 11 is 0. The fraction of sp³-hybridized carbons (Fsp3) is 0.462. The van der Waals surface area contributed by atoms with Gasteiger partial charge in [-0.05, 0) is 32.0 Å². The Labute approximate surface area is 106 Å². The lowest BCUT2D eigenvalue weighted by Crippen LogP contribution is -2.22. The molecule has 0 atom stereocenters. The second kappa shape index (κ2) is 7.08. The van der Waals surface area contributed by atoms with E-state index >= 15 is 0 Å². The van der Waals surface area contributed by atoms with Crippen LogP contribution in [-0.2, 0) is 11.3 Å². The summed E-state index contributed by atoms with van der Waals surface area (Å²) in [5, 5.41) is 3.05. The number of carbonyl (C=O) groups is 1. The van der Waals surface area contributed by atoms with E-state index in [-0.39, 0.29) is 11.9 Å². The molecule has 0 fully saturated rings. The van der Waals surface area contributed by atoms with E-state index in [1.165, 1.54) is 18.2 Å². The molecule has 0 aliphatic heterocycles. The molecule has 5 heteroatoms. The first kappa shape index (κ1) is 14.6. The van der Waals surface area contributed by atoms with Crippen molar-refractivity contribution >= 4 is 5.91 Å². The number of rotatable bonds is 7. The van der Waals surface area contributed by atoms with Crippen LogP contribution in [0.3, 0.4) is 0 Å².